The Balaban J connectivity index is 2.96. The summed E-state index contributed by atoms with van der Waals surface area (Å²) < 4.78 is 0. The summed E-state index contributed by atoms with van der Waals surface area (Å²) in [5, 5.41) is 35.3. The van der Waals surface area contributed by atoms with Gasteiger partial charge >= 0.3 is 11.9 Å². The minimum Gasteiger partial charge on any atom is -0.481 e. The van der Waals surface area contributed by atoms with Crippen molar-refractivity contribution in [1.82, 2.24) is 16.0 Å². The molecule has 0 aliphatic heterocycles. The number of benzene rings is 1. The third-order valence-electron chi connectivity index (χ3n) is 4.77. The Morgan fingerprint density at radius 3 is 2.03 bits per heavy atom. The molecule has 0 fully saturated rings. The van der Waals surface area contributed by atoms with Crippen molar-refractivity contribution in [3.05, 3.63) is 35.9 Å². The lowest BCUT2D eigenvalue weighted by atomic mass is 10.0. The number of carboxylic acid groups (broad SMARTS) is 2. The summed E-state index contributed by atoms with van der Waals surface area (Å²) in [5.74, 6) is -5.25. The zero-order valence-electron chi connectivity index (χ0n) is 18.5. The van der Waals surface area contributed by atoms with Crippen LogP contribution < -0.4 is 21.7 Å². The number of aliphatic hydroxyl groups excluding tert-OH is 1. The number of hydrogen-bond acceptors (Lipinski definition) is 8. The molecule has 0 aromatic heterocycles. The van der Waals surface area contributed by atoms with Crippen molar-refractivity contribution in [3.8, 4) is 0 Å². The van der Waals surface area contributed by atoms with Gasteiger partial charge in [-0.1, -0.05) is 30.3 Å². The van der Waals surface area contributed by atoms with Gasteiger partial charge in [0, 0.05) is 18.6 Å². The number of thiol groups is 1. The van der Waals surface area contributed by atoms with Gasteiger partial charge in [0.1, 0.15) is 18.1 Å². The molecule has 12 nitrogen and oxygen atoms in total. The molecule has 34 heavy (non-hydrogen) atoms. The molecule has 0 saturated heterocycles. The first-order chi connectivity index (χ1) is 16.0. The van der Waals surface area contributed by atoms with E-state index >= 15 is 0 Å². The van der Waals surface area contributed by atoms with E-state index in [1.807, 2.05) is 0 Å². The van der Waals surface area contributed by atoms with Crippen molar-refractivity contribution in [1.29, 1.82) is 0 Å². The quantitative estimate of drug-likeness (QED) is 0.137. The molecule has 1 aromatic rings. The minimum absolute atomic E-state index is 0.0319. The Labute approximate surface area is 201 Å². The molecular weight excluding hydrogens is 468 g/mol. The van der Waals surface area contributed by atoms with Crippen LogP contribution in [0.4, 0.5) is 0 Å². The highest BCUT2D eigenvalue weighted by molar-refractivity contribution is 7.80. The highest BCUT2D eigenvalue weighted by atomic mass is 32.1. The van der Waals surface area contributed by atoms with Crippen LogP contribution in [-0.2, 0) is 30.4 Å². The molecule has 5 unspecified atom stereocenters. The maximum absolute atomic E-state index is 12.7. The predicted molar refractivity (Wildman–Crippen MR) is 124 cm³/mol. The molecular formula is C21H30N4O8S. The number of carbonyl (C=O) groups is 5. The number of hydrogen-bond donors (Lipinski definition) is 8. The van der Waals surface area contributed by atoms with Crippen LogP contribution in [0.5, 0.6) is 0 Å². The summed E-state index contributed by atoms with van der Waals surface area (Å²) in [6, 6.07) is 3.18. The molecule has 3 amide bonds. The average Bonchev–Trinajstić information content (AvgIpc) is 2.78. The van der Waals surface area contributed by atoms with E-state index in [1.165, 1.54) is 6.92 Å². The summed E-state index contributed by atoms with van der Waals surface area (Å²) in [6.07, 6.45) is -2.27. The van der Waals surface area contributed by atoms with E-state index in [1.54, 1.807) is 30.3 Å². The third-order valence-corrected chi connectivity index (χ3v) is 5.17. The number of nitrogens with two attached hydrogens (primary N) is 1. The first kappa shape index (κ1) is 28.9. The van der Waals surface area contributed by atoms with Crippen molar-refractivity contribution in [2.45, 2.75) is 56.5 Å². The van der Waals surface area contributed by atoms with E-state index < -0.39 is 66.4 Å². The van der Waals surface area contributed by atoms with Crippen molar-refractivity contribution in [2.75, 3.05) is 5.75 Å². The van der Waals surface area contributed by atoms with Gasteiger partial charge in [-0.3, -0.25) is 19.2 Å². The third kappa shape index (κ3) is 9.77. The fourth-order valence-electron chi connectivity index (χ4n) is 2.87. The van der Waals surface area contributed by atoms with Gasteiger partial charge in [0.2, 0.25) is 17.7 Å². The summed E-state index contributed by atoms with van der Waals surface area (Å²) in [7, 11) is 0. The van der Waals surface area contributed by atoms with Crippen LogP contribution in [0.15, 0.2) is 30.3 Å². The van der Waals surface area contributed by atoms with Crippen LogP contribution in [0.1, 0.15) is 25.3 Å². The zero-order chi connectivity index (χ0) is 25.8. The van der Waals surface area contributed by atoms with Gasteiger partial charge in [0.05, 0.1) is 12.1 Å². The fraction of sp³-hybridized carbons (Fsp3) is 0.476. The number of amides is 3. The van der Waals surface area contributed by atoms with E-state index in [2.05, 4.69) is 28.6 Å². The van der Waals surface area contributed by atoms with Crippen molar-refractivity contribution < 1.29 is 39.3 Å². The zero-order valence-corrected chi connectivity index (χ0v) is 19.4. The highest BCUT2D eigenvalue weighted by Gasteiger charge is 2.32. The molecule has 0 spiro atoms. The summed E-state index contributed by atoms with van der Waals surface area (Å²) in [6.45, 7) is 1.21. The number of aliphatic carboxylic acids is 2. The molecule has 188 valence electrons. The molecule has 0 saturated carbocycles. The van der Waals surface area contributed by atoms with Crippen molar-refractivity contribution in [3.63, 3.8) is 0 Å². The number of aliphatic hydroxyl groups is 1. The number of carboxylic acids is 2. The molecule has 0 heterocycles. The molecule has 13 heteroatoms. The SMILES string of the molecule is CC(O)C(NC(=O)C(CCC(=O)O)NC(=O)C(N)CS)C(=O)NC(Cc1ccccc1)C(=O)O. The molecule has 5 atom stereocenters. The number of nitrogens with one attached hydrogen (secondary N) is 3. The van der Waals surface area contributed by atoms with E-state index in [4.69, 9.17) is 10.8 Å². The maximum atomic E-state index is 12.7. The van der Waals surface area contributed by atoms with Crippen LogP contribution >= 0.6 is 12.6 Å². The number of rotatable bonds is 14. The molecule has 0 aliphatic rings. The smallest absolute Gasteiger partial charge is 0.326 e. The first-order valence-electron chi connectivity index (χ1n) is 10.4. The van der Waals surface area contributed by atoms with Crippen LogP contribution in [0.25, 0.3) is 0 Å². The molecule has 0 aliphatic carbocycles. The standard InChI is InChI=1S/C21H30N4O8S/c1-11(26)17(20(31)24-15(21(32)33)9-12-5-3-2-4-6-12)25-19(30)14(7-8-16(27)28)23-18(29)13(22)10-34/h2-6,11,13-15,17,26,34H,7-10,22H2,1H3,(H,23,29)(H,24,31)(H,25,30)(H,27,28)(H,32,33). The van der Waals surface area contributed by atoms with Gasteiger partial charge < -0.3 is 37.0 Å². The first-order valence-corrected chi connectivity index (χ1v) is 11.0. The summed E-state index contributed by atoms with van der Waals surface area (Å²) in [4.78, 5) is 60.1. The molecule has 0 bridgehead atoms. The lowest BCUT2D eigenvalue weighted by Gasteiger charge is -2.26. The normalized spacial score (nSPS) is 15.2. The van der Waals surface area contributed by atoms with Crippen LogP contribution in [0.3, 0.4) is 0 Å². The van der Waals surface area contributed by atoms with E-state index in [9.17, 15) is 34.2 Å². The fourth-order valence-corrected chi connectivity index (χ4v) is 3.03. The Morgan fingerprint density at radius 2 is 1.53 bits per heavy atom. The summed E-state index contributed by atoms with van der Waals surface area (Å²) in [5.41, 5.74) is 6.21. The van der Waals surface area contributed by atoms with E-state index in [0.717, 1.165) is 0 Å². The van der Waals surface area contributed by atoms with Gasteiger partial charge in [-0.15, -0.1) is 0 Å². The predicted octanol–water partition coefficient (Wildman–Crippen LogP) is -1.73. The lowest BCUT2D eigenvalue weighted by Crippen LogP contribution is -2.60. The van der Waals surface area contributed by atoms with E-state index in [0.29, 0.717) is 5.56 Å². The maximum Gasteiger partial charge on any atom is 0.326 e. The molecule has 8 N–H and O–H groups in total. The van der Waals surface area contributed by atoms with Crippen molar-refractivity contribution >= 4 is 42.3 Å². The molecule has 1 rings (SSSR count). The Kier molecular flexibility index (Phi) is 12.0. The second-order valence-corrected chi connectivity index (χ2v) is 7.96. The monoisotopic (exact) mass is 498 g/mol. The van der Waals surface area contributed by atoms with Crippen LogP contribution in [0.2, 0.25) is 0 Å². The van der Waals surface area contributed by atoms with Gasteiger partial charge in [0.15, 0.2) is 0 Å². The Morgan fingerprint density at radius 1 is 0.941 bits per heavy atom. The van der Waals surface area contributed by atoms with Gasteiger partial charge in [0.25, 0.3) is 0 Å². The molecule has 1 aromatic carbocycles. The topological polar surface area (TPSA) is 208 Å². The van der Waals surface area contributed by atoms with Gasteiger partial charge in [-0.05, 0) is 18.9 Å². The van der Waals surface area contributed by atoms with Gasteiger partial charge in [-0.2, -0.15) is 12.6 Å². The lowest BCUT2D eigenvalue weighted by molar-refractivity contribution is -0.143. The largest absolute Gasteiger partial charge is 0.481 e. The Bertz CT molecular complexity index is 868. The molecule has 0 radical (unpaired) electrons. The van der Waals surface area contributed by atoms with E-state index in [-0.39, 0.29) is 18.6 Å². The van der Waals surface area contributed by atoms with Crippen molar-refractivity contribution in [2.24, 2.45) is 5.73 Å². The summed E-state index contributed by atoms with van der Waals surface area (Å²) >= 11 is 3.89. The second kappa shape index (κ2) is 14.2. The van der Waals surface area contributed by atoms with Gasteiger partial charge in [-0.25, -0.2) is 4.79 Å². The van der Waals surface area contributed by atoms with Crippen LogP contribution in [-0.4, -0.2) is 81.0 Å². The average molecular weight is 499 g/mol. The minimum atomic E-state index is -1.58. The number of carbonyl (C=O) groups excluding carboxylic acids is 3. The highest BCUT2D eigenvalue weighted by Crippen LogP contribution is 2.06. The Hall–Kier alpha value is -3.16. The second-order valence-electron chi connectivity index (χ2n) is 7.60. The van der Waals surface area contributed by atoms with Crippen LogP contribution in [0, 0.1) is 0 Å².